The number of ether oxygens (including phenoxy) is 2. The Morgan fingerprint density at radius 1 is 0.388 bits per heavy atom. The molecule has 4 aliphatic heterocycles. The van der Waals surface area contributed by atoms with Gasteiger partial charge in [0.05, 0.1) is 17.8 Å². The maximum absolute atomic E-state index is 16.3. The van der Waals surface area contributed by atoms with E-state index in [1.807, 2.05) is 182 Å². The number of ketones is 2. The molecule has 2 aliphatic carbocycles. The van der Waals surface area contributed by atoms with Crippen LogP contribution >= 0.6 is 15.9 Å². The molecule has 8 aromatic carbocycles. The van der Waals surface area contributed by atoms with Crippen LogP contribution in [0.4, 0.5) is 0 Å². The fourth-order valence-electron chi connectivity index (χ4n) is 12.5. The number of Topliss-reactive ketones (excluding diaryl/α,β-unsaturated/α-hetero) is 2. The van der Waals surface area contributed by atoms with Crippen molar-refractivity contribution < 1.29 is 19.1 Å². The van der Waals surface area contributed by atoms with Gasteiger partial charge in [0.15, 0.2) is 11.6 Å². The predicted octanol–water partition coefficient (Wildman–Crippen LogP) is 12.8. The molecule has 0 N–H and O–H groups in total. The Balaban J connectivity index is 0.000000342. The first kappa shape index (κ1) is 41.4. The number of halogens is 1. The zero-order valence-electron chi connectivity index (χ0n) is 36.5. The first-order valence-electron chi connectivity index (χ1n) is 23.0. The molecule has 2 saturated heterocycles. The molecule has 4 nitrogen and oxygen atoms in total. The van der Waals surface area contributed by atoms with E-state index in [4.69, 9.17) is 9.47 Å². The minimum Gasteiger partial charge on any atom is -0.347 e. The molecule has 67 heavy (non-hydrogen) atoms. The molecule has 0 spiro atoms. The molecule has 8 aromatic rings. The Hall–Kier alpha value is -7.02. The van der Waals surface area contributed by atoms with Crippen LogP contribution in [-0.4, -0.2) is 15.9 Å². The zero-order valence-corrected chi connectivity index (χ0v) is 38.1. The summed E-state index contributed by atoms with van der Waals surface area (Å²) in [5, 5.41) is 0. The second-order valence-corrected chi connectivity index (χ2v) is 19.2. The van der Waals surface area contributed by atoms with Gasteiger partial charge in [-0.15, -0.1) is 0 Å². The Labute approximate surface area is 399 Å². The maximum Gasteiger partial charge on any atom is 0.168 e. The van der Waals surface area contributed by atoms with Crippen LogP contribution < -0.4 is 0 Å². The SMILES string of the molecule is O=C1C2=C(C=C[C@H]3C(=O)[C@@H]2[C@@]2(c4ccccc4)O[C@]3(c3ccccc3)c3ccccc32)[C@]2(Br)[C@H]1[C@]1(c3ccccc3)O[C@@]2(c2ccccc2)c2ccccc21.c1ccccc1.c1ccccc1. The zero-order chi connectivity index (χ0) is 45.3. The molecule has 6 bridgehead atoms. The van der Waals surface area contributed by atoms with Crippen molar-refractivity contribution in [1.82, 2.24) is 0 Å². The Bertz CT molecular complexity index is 3130. The fraction of sp³-hybridized carbons (Fsp3) is 0.129. The molecule has 6 aliphatic rings. The van der Waals surface area contributed by atoms with Gasteiger partial charge in [0, 0.05) is 5.57 Å². The fourth-order valence-corrected chi connectivity index (χ4v) is 13.9. The van der Waals surface area contributed by atoms with Gasteiger partial charge < -0.3 is 9.47 Å². The lowest BCUT2D eigenvalue weighted by Gasteiger charge is -2.49. The highest BCUT2D eigenvalue weighted by Crippen LogP contribution is 2.79. The monoisotopic (exact) mass is 932 g/mol. The van der Waals surface area contributed by atoms with Gasteiger partial charge in [0.2, 0.25) is 0 Å². The molecule has 0 aromatic heterocycles. The van der Waals surface area contributed by atoms with Gasteiger partial charge in [-0.3, -0.25) is 9.59 Å². The summed E-state index contributed by atoms with van der Waals surface area (Å²) in [7, 11) is 0. The predicted molar refractivity (Wildman–Crippen MR) is 265 cm³/mol. The minimum absolute atomic E-state index is 0.0193. The molecular weight excluding hydrogens is 889 g/mol. The smallest absolute Gasteiger partial charge is 0.168 e. The van der Waals surface area contributed by atoms with Crippen molar-refractivity contribution in [1.29, 1.82) is 0 Å². The van der Waals surface area contributed by atoms with Crippen LogP contribution in [0.5, 0.6) is 0 Å². The van der Waals surface area contributed by atoms with Crippen molar-refractivity contribution in [2.75, 3.05) is 0 Å². The molecule has 8 atom stereocenters. The summed E-state index contributed by atoms with van der Waals surface area (Å²) in [5.74, 6) is -2.52. The molecule has 2 fully saturated rings. The van der Waals surface area contributed by atoms with Crippen molar-refractivity contribution in [3.8, 4) is 0 Å². The lowest BCUT2D eigenvalue weighted by atomic mass is 9.59. The highest BCUT2D eigenvalue weighted by atomic mass is 79.9. The average Bonchev–Trinajstić information content (AvgIpc) is 4.02. The molecular formula is C62H45BrO4. The van der Waals surface area contributed by atoms with E-state index >= 15 is 9.59 Å². The third kappa shape index (κ3) is 5.48. The third-order valence-corrected chi connectivity index (χ3v) is 16.3. The van der Waals surface area contributed by atoms with Gasteiger partial charge in [-0.1, -0.05) is 271 Å². The average molecular weight is 934 g/mol. The molecule has 0 saturated carbocycles. The number of allylic oxidation sites excluding steroid dienone is 1. The Kier molecular flexibility index (Phi) is 9.77. The largest absolute Gasteiger partial charge is 0.347 e. The molecule has 4 heterocycles. The lowest BCUT2D eigenvalue weighted by molar-refractivity contribution is -0.186. The Morgan fingerprint density at radius 2 is 0.746 bits per heavy atom. The topological polar surface area (TPSA) is 52.6 Å². The van der Waals surface area contributed by atoms with E-state index in [9.17, 15) is 0 Å². The summed E-state index contributed by atoms with van der Waals surface area (Å²) in [4.78, 5) is 32.2. The van der Waals surface area contributed by atoms with Gasteiger partial charge in [-0.25, -0.2) is 0 Å². The van der Waals surface area contributed by atoms with Crippen molar-refractivity contribution in [3.63, 3.8) is 0 Å². The highest BCUT2D eigenvalue weighted by molar-refractivity contribution is 9.10. The van der Waals surface area contributed by atoms with Crippen LogP contribution in [-0.2, 0) is 41.5 Å². The third-order valence-electron chi connectivity index (χ3n) is 14.9. The van der Waals surface area contributed by atoms with Gasteiger partial charge in [-0.2, -0.15) is 0 Å². The minimum atomic E-state index is -1.29. The second kappa shape index (κ2) is 15.8. The summed E-state index contributed by atoms with van der Waals surface area (Å²) in [5.41, 5.74) is 4.02. The Morgan fingerprint density at radius 3 is 1.22 bits per heavy atom. The van der Waals surface area contributed by atoms with E-state index in [2.05, 4.69) is 88.7 Å². The van der Waals surface area contributed by atoms with Gasteiger partial charge in [0.1, 0.15) is 26.7 Å². The molecule has 14 rings (SSSR count). The number of fused-ring (bicyclic) bond motifs is 19. The second-order valence-electron chi connectivity index (χ2n) is 18.0. The van der Waals surface area contributed by atoms with E-state index in [1.165, 1.54) is 0 Å². The number of benzene rings is 8. The molecule has 5 heteroatoms. The van der Waals surface area contributed by atoms with Crippen LogP contribution in [0.2, 0.25) is 0 Å². The van der Waals surface area contributed by atoms with E-state index in [-0.39, 0.29) is 11.6 Å². The van der Waals surface area contributed by atoms with Crippen molar-refractivity contribution in [3.05, 3.63) is 310 Å². The first-order valence-corrected chi connectivity index (χ1v) is 23.8. The van der Waals surface area contributed by atoms with Gasteiger partial charge >= 0.3 is 0 Å². The van der Waals surface area contributed by atoms with Crippen molar-refractivity contribution in [2.45, 2.75) is 26.7 Å². The highest BCUT2D eigenvalue weighted by Gasteiger charge is 2.84. The van der Waals surface area contributed by atoms with Crippen LogP contribution in [0.3, 0.4) is 0 Å². The number of carbonyl (C=O) groups is 2. The first-order chi connectivity index (χ1) is 33.0. The summed E-state index contributed by atoms with van der Waals surface area (Å²) in [6.45, 7) is 0. The maximum atomic E-state index is 16.3. The van der Waals surface area contributed by atoms with Crippen molar-refractivity contribution >= 4 is 27.5 Å². The normalized spacial score (nSPS) is 29.5. The molecule has 0 amide bonds. The van der Waals surface area contributed by atoms with Crippen LogP contribution in [0.25, 0.3) is 0 Å². The summed E-state index contributed by atoms with van der Waals surface area (Å²) in [6, 6.07) is 81.3. The number of hydrogen-bond donors (Lipinski definition) is 0. The van der Waals surface area contributed by atoms with Gasteiger partial charge in [-0.05, 0) is 50.1 Å². The van der Waals surface area contributed by atoms with Gasteiger partial charge in [0.25, 0.3) is 0 Å². The molecule has 324 valence electrons. The van der Waals surface area contributed by atoms with E-state index in [0.29, 0.717) is 5.57 Å². The number of hydrogen-bond acceptors (Lipinski definition) is 4. The quantitative estimate of drug-likeness (QED) is 0.165. The standard InChI is InChI=1S/C50H33BrO4.2C6H6/c51-49-39-29-30-40-43(52)42(47(32-19-7-2-8-20-32)36-26-14-13-25-35(36)46(40,54-47)31-17-5-1-6-18-31)41(39)44(53)45(49)48(33-21-9-3-10-22-33)37-27-15-16-28-38(37)50(49,55-48)34-23-11-4-12-24-34;2*1-2-4-6-5-3-1/h1-30,40,42,45H;2*1-6H/t40-,42+,45+,46+,47-,48+,49-,50-;;/m0../s1. The van der Waals surface area contributed by atoms with E-state index < -0.39 is 44.5 Å². The lowest BCUT2D eigenvalue weighted by Crippen LogP contribution is -2.56. The number of alkyl halides is 1. The van der Waals surface area contributed by atoms with Crippen molar-refractivity contribution in [2.24, 2.45) is 17.8 Å². The van der Waals surface area contributed by atoms with E-state index in [0.717, 1.165) is 50.1 Å². The number of rotatable bonds is 4. The molecule has 0 unspecified atom stereocenters. The van der Waals surface area contributed by atoms with Crippen LogP contribution in [0, 0.1) is 17.8 Å². The van der Waals surface area contributed by atoms with Crippen LogP contribution in [0.15, 0.2) is 266 Å². The summed E-state index contributed by atoms with van der Waals surface area (Å²) in [6.07, 6.45) is 4.11. The summed E-state index contributed by atoms with van der Waals surface area (Å²) >= 11 is 4.47. The molecule has 0 radical (unpaired) electrons. The van der Waals surface area contributed by atoms with E-state index in [1.54, 1.807) is 0 Å². The number of carbonyl (C=O) groups excluding carboxylic acids is 2. The summed E-state index contributed by atoms with van der Waals surface area (Å²) < 4.78 is 14.4. The van der Waals surface area contributed by atoms with Crippen LogP contribution in [0.1, 0.15) is 44.5 Å².